The highest BCUT2D eigenvalue weighted by molar-refractivity contribution is 8.00. The topological polar surface area (TPSA) is 49.4 Å². The number of carbonyl (C=O) groups is 1. The summed E-state index contributed by atoms with van der Waals surface area (Å²) in [5.74, 6) is 2.02. The van der Waals surface area contributed by atoms with Crippen LogP contribution in [0, 0.1) is 5.92 Å². The second kappa shape index (κ2) is 8.58. The van der Waals surface area contributed by atoms with Gasteiger partial charge in [-0.3, -0.25) is 4.21 Å². The van der Waals surface area contributed by atoms with Gasteiger partial charge in [0.25, 0.3) is 0 Å². The monoisotopic (exact) mass is 340 g/mol. The van der Waals surface area contributed by atoms with Gasteiger partial charge in [0, 0.05) is 41.3 Å². The van der Waals surface area contributed by atoms with Crippen LogP contribution in [0.25, 0.3) is 0 Å². The predicted octanol–water partition coefficient (Wildman–Crippen LogP) is 2.58. The van der Waals surface area contributed by atoms with E-state index in [4.69, 9.17) is 0 Å². The van der Waals surface area contributed by atoms with Crippen LogP contribution >= 0.6 is 11.8 Å². The normalized spacial score (nSPS) is 20.0. The molecule has 4 nitrogen and oxygen atoms in total. The van der Waals surface area contributed by atoms with E-state index in [2.05, 4.69) is 19.2 Å². The molecule has 0 aliphatic carbocycles. The zero-order valence-corrected chi connectivity index (χ0v) is 14.8. The first kappa shape index (κ1) is 17.3. The summed E-state index contributed by atoms with van der Waals surface area (Å²) in [6.07, 6.45) is 0. The van der Waals surface area contributed by atoms with Crippen molar-refractivity contribution in [3.05, 3.63) is 30.3 Å². The Morgan fingerprint density at radius 2 is 2.14 bits per heavy atom. The molecule has 2 rings (SSSR count). The summed E-state index contributed by atoms with van der Waals surface area (Å²) in [6, 6.07) is 9.34. The van der Waals surface area contributed by atoms with Crippen LogP contribution < -0.4 is 5.32 Å². The van der Waals surface area contributed by atoms with E-state index in [1.165, 1.54) is 0 Å². The van der Waals surface area contributed by atoms with Crippen molar-refractivity contribution in [3.8, 4) is 0 Å². The lowest BCUT2D eigenvalue weighted by atomic mass is 10.1. The molecule has 1 N–H and O–H groups in total. The lowest BCUT2D eigenvalue weighted by Crippen LogP contribution is -2.48. The first-order valence-electron chi connectivity index (χ1n) is 7.65. The number of rotatable bonds is 5. The molecule has 1 heterocycles. The molecule has 0 spiro atoms. The van der Waals surface area contributed by atoms with Crippen molar-refractivity contribution in [2.24, 2.45) is 5.92 Å². The Hall–Kier alpha value is -1.01. The Morgan fingerprint density at radius 3 is 2.82 bits per heavy atom. The van der Waals surface area contributed by atoms with Gasteiger partial charge in [-0.15, -0.1) is 0 Å². The average molecular weight is 341 g/mol. The van der Waals surface area contributed by atoms with E-state index in [-0.39, 0.29) is 6.03 Å². The van der Waals surface area contributed by atoms with Crippen molar-refractivity contribution in [1.82, 2.24) is 10.2 Å². The standard InChI is InChI=1S/C16H24N2O2S2/c1-13(2)15-12-18(9-10-21-15)16(19)17-8-11-22(20)14-6-4-3-5-7-14/h3-7,13,15H,8-12H2,1-2H3,(H,17,19)/t15-,22+/m0/s1. The molecule has 1 aromatic carbocycles. The average Bonchev–Trinajstić information content (AvgIpc) is 2.55. The highest BCUT2D eigenvalue weighted by Gasteiger charge is 2.25. The summed E-state index contributed by atoms with van der Waals surface area (Å²) in [5.41, 5.74) is 0. The maximum Gasteiger partial charge on any atom is 0.317 e. The van der Waals surface area contributed by atoms with Crippen LogP contribution in [-0.4, -0.2) is 51.5 Å². The molecule has 1 fully saturated rings. The first-order valence-corrected chi connectivity index (χ1v) is 10.0. The maximum absolute atomic E-state index is 12.2. The molecule has 2 amide bonds. The van der Waals surface area contributed by atoms with Crippen molar-refractivity contribution < 1.29 is 9.00 Å². The second-order valence-electron chi connectivity index (χ2n) is 5.69. The number of benzene rings is 1. The molecule has 22 heavy (non-hydrogen) atoms. The molecular formula is C16H24N2O2S2. The smallest absolute Gasteiger partial charge is 0.317 e. The molecule has 1 aliphatic rings. The van der Waals surface area contributed by atoms with E-state index in [9.17, 15) is 9.00 Å². The quantitative estimate of drug-likeness (QED) is 0.896. The van der Waals surface area contributed by atoms with Gasteiger partial charge in [-0.2, -0.15) is 11.8 Å². The second-order valence-corrected chi connectivity index (χ2v) is 8.61. The number of thioether (sulfide) groups is 1. The van der Waals surface area contributed by atoms with E-state index in [0.717, 1.165) is 23.7 Å². The van der Waals surface area contributed by atoms with Crippen molar-refractivity contribution in [1.29, 1.82) is 0 Å². The maximum atomic E-state index is 12.2. The Bertz CT molecular complexity index is 508. The highest BCUT2D eigenvalue weighted by Crippen LogP contribution is 2.24. The minimum atomic E-state index is -1.06. The molecule has 0 aromatic heterocycles. The van der Waals surface area contributed by atoms with E-state index >= 15 is 0 Å². The van der Waals surface area contributed by atoms with Gasteiger partial charge in [-0.05, 0) is 18.1 Å². The van der Waals surface area contributed by atoms with Crippen LogP contribution in [-0.2, 0) is 10.8 Å². The van der Waals surface area contributed by atoms with Gasteiger partial charge in [0.2, 0.25) is 0 Å². The fourth-order valence-corrected chi connectivity index (χ4v) is 4.60. The van der Waals surface area contributed by atoms with E-state index < -0.39 is 10.8 Å². The first-order chi connectivity index (χ1) is 10.6. The van der Waals surface area contributed by atoms with E-state index in [1.807, 2.05) is 47.0 Å². The third kappa shape index (κ3) is 5.02. The summed E-state index contributed by atoms with van der Waals surface area (Å²) >= 11 is 1.95. The Labute approximate surface area is 139 Å². The Balaban J connectivity index is 1.75. The third-order valence-corrected chi connectivity index (χ3v) is 6.61. The van der Waals surface area contributed by atoms with E-state index in [1.54, 1.807) is 0 Å². The SMILES string of the molecule is CC(C)[C@@H]1CN(C(=O)NCC[S@@](=O)c2ccccc2)CCS1. The van der Waals surface area contributed by atoms with Crippen molar-refractivity contribution in [2.75, 3.05) is 31.1 Å². The van der Waals surface area contributed by atoms with Crippen LogP contribution in [0.15, 0.2) is 35.2 Å². The zero-order valence-electron chi connectivity index (χ0n) is 13.2. The molecule has 1 aliphatic heterocycles. The molecule has 0 saturated carbocycles. The van der Waals surface area contributed by atoms with Crippen molar-refractivity contribution in [3.63, 3.8) is 0 Å². The Morgan fingerprint density at radius 1 is 1.41 bits per heavy atom. The molecular weight excluding hydrogens is 316 g/mol. The number of urea groups is 1. The number of hydrogen-bond acceptors (Lipinski definition) is 3. The van der Waals surface area contributed by atoms with Crippen LogP contribution in [0.4, 0.5) is 4.79 Å². The molecule has 2 atom stereocenters. The fraction of sp³-hybridized carbons (Fsp3) is 0.562. The molecule has 122 valence electrons. The number of carbonyl (C=O) groups excluding carboxylic acids is 1. The minimum Gasteiger partial charge on any atom is -0.337 e. The summed E-state index contributed by atoms with van der Waals surface area (Å²) < 4.78 is 12.1. The molecule has 6 heteroatoms. The summed E-state index contributed by atoms with van der Waals surface area (Å²) in [6.45, 7) is 6.43. The van der Waals surface area contributed by atoms with Gasteiger partial charge < -0.3 is 10.2 Å². The predicted molar refractivity (Wildman–Crippen MR) is 93.8 cm³/mol. The molecule has 0 unspecified atom stereocenters. The van der Waals surface area contributed by atoms with Crippen LogP contribution in [0.1, 0.15) is 13.8 Å². The summed E-state index contributed by atoms with van der Waals surface area (Å²) in [5, 5.41) is 3.41. The van der Waals surface area contributed by atoms with Gasteiger partial charge in [-0.1, -0.05) is 32.0 Å². The largest absolute Gasteiger partial charge is 0.337 e. The minimum absolute atomic E-state index is 0.0315. The van der Waals surface area contributed by atoms with Crippen molar-refractivity contribution in [2.45, 2.75) is 24.0 Å². The molecule has 0 bridgehead atoms. The number of hydrogen-bond donors (Lipinski definition) is 1. The molecule has 0 radical (unpaired) electrons. The van der Waals surface area contributed by atoms with Gasteiger partial charge in [0.1, 0.15) is 0 Å². The summed E-state index contributed by atoms with van der Waals surface area (Å²) in [7, 11) is -1.06. The van der Waals surface area contributed by atoms with Gasteiger partial charge in [0.05, 0.1) is 10.8 Å². The zero-order chi connectivity index (χ0) is 15.9. The Kier molecular flexibility index (Phi) is 6.76. The number of nitrogens with zero attached hydrogens (tertiary/aromatic N) is 1. The van der Waals surface area contributed by atoms with Gasteiger partial charge in [0.15, 0.2) is 0 Å². The third-order valence-electron chi connectivity index (χ3n) is 3.69. The van der Waals surface area contributed by atoms with Crippen LogP contribution in [0.5, 0.6) is 0 Å². The molecule has 1 aromatic rings. The molecule has 1 saturated heterocycles. The highest BCUT2D eigenvalue weighted by atomic mass is 32.2. The van der Waals surface area contributed by atoms with Gasteiger partial charge in [-0.25, -0.2) is 4.79 Å². The van der Waals surface area contributed by atoms with Crippen LogP contribution in [0.2, 0.25) is 0 Å². The number of nitrogens with one attached hydrogen (secondary N) is 1. The number of amides is 2. The van der Waals surface area contributed by atoms with E-state index in [0.29, 0.717) is 23.5 Å². The van der Waals surface area contributed by atoms with Crippen molar-refractivity contribution >= 4 is 28.6 Å². The lowest BCUT2D eigenvalue weighted by Gasteiger charge is -2.34. The van der Waals surface area contributed by atoms with Crippen LogP contribution in [0.3, 0.4) is 0 Å². The summed E-state index contributed by atoms with van der Waals surface area (Å²) in [4.78, 5) is 14.9. The van der Waals surface area contributed by atoms with Gasteiger partial charge >= 0.3 is 6.03 Å². The fourth-order valence-electron chi connectivity index (χ4n) is 2.32. The lowest BCUT2D eigenvalue weighted by molar-refractivity contribution is 0.198.